The van der Waals surface area contributed by atoms with Crippen LogP contribution in [0, 0.1) is 0 Å². The Morgan fingerprint density at radius 1 is 1.67 bits per heavy atom. The first-order valence-electron chi connectivity index (χ1n) is 2.77. The van der Waals surface area contributed by atoms with Crippen LogP contribution in [0.1, 0.15) is 19.9 Å². The van der Waals surface area contributed by atoms with Crippen LogP contribution in [-0.4, -0.2) is 14.8 Å². The first kappa shape index (κ1) is 6.55. The normalized spacial score (nSPS) is 10.7. The predicted octanol–water partition coefficient (Wildman–Crippen LogP) is 1.51. The highest BCUT2D eigenvalue weighted by atomic mass is 35.5. The van der Waals surface area contributed by atoms with E-state index in [2.05, 4.69) is 10.1 Å². The molecule has 1 heterocycles. The van der Waals surface area contributed by atoms with E-state index in [1.54, 1.807) is 11.0 Å². The number of aromatic nitrogens is 3. The highest BCUT2D eigenvalue weighted by Gasteiger charge is 1.98. The van der Waals surface area contributed by atoms with Crippen LogP contribution < -0.4 is 0 Å². The zero-order valence-corrected chi connectivity index (χ0v) is 6.13. The van der Waals surface area contributed by atoms with E-state index in [0.29, 0.717) is 11.3 Å². The van der Waals surface area contributed by atoms with Gasteiger partial charge >= 0.3 is 0 Å². The molecule has 4 heteroatoms. The molecule has 0 N–H and O–H groups in total. The van der Waals surface area contributed by atoms with Gasteiger partial charge in [-0.3, -0.25) is 0 Å². The maximum Gasteiger partial charge on any atom is 0.242 e. The molecule has 1 aromatic rings. The molecule has 0 aliphatic carbocycles. The van der Waals surface area contributed by atoms with Crippen LogP contribution in [0.4, 0.5) is 0 Å². The van der Waals surface area contributed by atoms with Gasteiger partial charge in [-0.2, -0.15) is 0 Å². The van der Waals surface area contributed by atoms with Crippen LogP contribution in [0.2, 0.25) is 5.28 Å². The van der Waals surface area contributed by atoms with Crippen molar-refractivity contribution < 1.29 is 0 Å². The summed E-state index contributed by atoms with van der Waals surface area (Å²) in [7, 11) is 0. The summed E-state index contributed by atoms with van der Waals surface area (Å²) in [6, 6.07) is 0.338. The standard InChI is InChI=1S/C5H8ClN3/c1-4(2)9-3-7-5(6)8-9/h3-4H,1-2H3. The third kappa shape index (κ3) is 1.42. The molecule has 0 saturated carbocycles. The van der Waals surface area contributed by atoms with Crippen molar-refractivity contribution in [1.29, 1.82) is 0 Å². The number of rotatable bonds is 1. The van der Waals surface area contributed by atoms with Crippen LogP contribution in [0.15, 0.2) is 6.33 Å². The molecule has 50 valence electrons. The first-order valence-corrected chi connectivity index (χ1v) is 3.14. The van der Waals surface area contributed by atoms with Crippen molar-refractivity contribution in [3.63, 3.8) is 0 Å². The second-order valence-corrected chi connectivity index (χ2v) is 2.43. The lowest BCUT2D eigenvalue weighted by molar-refractivity contribution is 0.531. The van der Waals surface area contributed by atoms with Crippen molar-refractivity contribution in [2.45, 2.75) is 19.9 Å². The van der Waals surface area contributed by atoms with Gasteiger partial charge in [0.05, 0.1) is 0 Å². The molecule has 1 aromatic heterocycles. The van der Waals surface area contributed by atoms with E-state index in [1.165, 1.54) is 0 Å². The number of hydrogen-bond acceptors (Lipinski definition) is 2. The van der Waals surface area contributed by atoms with Gasteiger partial charge < -0.3 is 0 Å². The maximum absolute atomic E-state index is 5.46. The lowest BCUT2D eigenvalue weighted by atomic mass is 10.4. The molecule has 0 saturated heterocycles. The molecule has 0 spiro atoms. The Morgan fingerprint density at radius 2 is 2.33 bits per heavy atom. The van der Waals surface area contributed by atoms with Crippen LogP contribution in [-0.2, 0) is 0 Å². The Morgan fingerprint density at radius 3 is 2.56 bits per heavy atom. The molecule has 0 atom stereocenters. The second-order valence-electron chi connectivity index (χ2n) is 2.09. The van der Waals surface area contributed by atoms with Gasteiger partial charge in [-0.05, 0) is 25.4 Å². The smallest absolute Gasteiger partial charge is 0.242 e. The SMILES string of the molecule is CC(C)n1cnc(Cl)n1. The Bertz CT molecular complexity index is 194. The average molecular weight is 146 g/mol. The lowest BCUT2D eigenvalue weighted by Crippen LogP contribution is -1.99. The fraction of sp³-hybridized carbons (Fsp3) is 0.600. The zero-order valence-electron chi connectivity index (χ0n) is 5.37. The van der Waals surface area contributed by atoms with Gasteiger partial charge in [0.25, 0.3) is 0 Å². The summed E-state index contributed by atoms with van der Waals surface area (Å²) < 4.78 is 1.71. The van der Waals surface area contributed by atoms with E-state index in [1.807, 2.05) is 13.8 Å². The zero-order chi connectivity index (χ0) is 6.85. The topological polar surface area (TPSA) is 30.7 Å². The van der Waals surface area contributed by atoms with Crippen molar-refractivity contribution in [2.24, 2.45) is 0 Å². The van der Waals surface area contributed by atoms with Gasteiger partial charge in [-0.1, -0.05) is 0 Å². The average Bonchev–Trinajstić information content (AvgIpc) is 2.14. The van der Waals surface area contributed by atoms with Gasteiger partial charge in [0.15, 0.2) is 0 Å². The number of hydrogen-bond donors (Lipinski definition) is 0. The summed E-state index contributed by atoms with van der Waals surface area (Å²) in [6.45, 7) is 4.04. The minimum atomic E-state index is 0.309. The van der Waals surface area contributed by atoms with Gasteiger partial charge in [0, 0.05) is 6.04 Å². The lowest BCUT2D eigenvalue weighted by Gasteiger charge is -2.00. The maximum atomic E-state index is 5.46. The summed E-state index contributed by atoms with van der Waals surface area (Å²) in [5, 5.41) is 4.19. The van der Waals surface area contributed by atoms with Crippen molar-refractivity contribution in [3.05, 3.63) is 11.6 Å². The second kappa shape index (κ2) is 2.35. The van der Waals surface area contributed by atoms with E-state index in [9.17, 15) is 0 Å². The third-order valence-electron chi connectivity index (χ3n) is 1.01. The summed E-state index contributed by atoms with van der Waals surface area (Å²) >= 11 is 5.46. The molecule has 0 radical (unpaired) electrons. The molecular formula is C5H8ClN3. The van der Waals surface area contributed by atoms with Crippen molar-refractivity contribution in [3.8, 4) is 0 Å². The van der Waals surface area contributed by atoms with E-state index in [4.69, 9.17) is 11.6 Å². The van der Waals surface area contributed by atoms with Crippen molar-refractivity contribution in [1.82, 2.24) is 14.8 Å². The Kier molecular flexibility index (Phi) is 1.71. The van der Waals surface area contributed by atoms with E-state index < -0.39 is 0 Å². The highest BCUT2D eigenvalue weighted by molar-refractivity contribution is 6.28. The minimum absolute atomic E-state index is 0.309. The van der Waals surface area contributed by atoms with Gasteiger partial charge in [-0.25, -0.2) is 9.67 Å². The van der Waals surface area contributed by atoms with E-state index >= 15 is 0 Å². The van der Waals surface area contributed by atoms with Crippen LogP contribution in [0.3, 0.4) is 0 Å². The molecule has 0 fully saturated rings. The fourth-order valence-electron chi connectivity index (χ4n) is 0.503. The van der Waals surface area contributed by atoms with Crippen LogP contribution >= 0.6 is 11.6 Å². The Labute approximate surface area is 58.7 Å². The summed E-state index contributed by atoms with van der Waals surface area (Å²) in [4.78, 5) is 3.76. The Balaban J connectivity index is 2.85. The van der Waals surface area contributed by atoms with Crippen LogP contribution in [0.5, 0.6) is 0 Å². The van der Waals surface area contributed by atoms with Gasteiger partial charge in [-0.15, -0.1) is 5.10 Å². The molecular weight excluding hydrogens is 138 g/mol. The first-order chi connectivity index (χ1) is 4.20. The largest absolute Gasteiger partial charge is 0.249 e. The summed E-state index contributed by atoms with van der Waals surface area (Å²) in [6.07, 6.45) is 1.62. The van der Waals surface area contributed by atoms with E-state index in [-0.39, 0.29) is 0 Å². The summed E-state index contributed by atoms with van der Waals surface area (Å²) in [5.74, 6) is 0. The third-order valence-corrected chi connectivity index (χ3v) is 1.18. The number of halogens is 1. The van der Waals surface area contributed by atoms with Crippen LogP contribution in [0.25, 0.3) is 0 Å². The molecule has 0 aromatic carbocycles. The van der Waals surface area contributed by atoms with Gasteiger partial charge in [0.2, 0.25) is 5.28 Å². The molecule has 0 unspecified atom stereocenters. The molecule has 3 nitrogen and oxygen atoms in total. The number of nitrogens with zero attached hydrogens (tertiary/aromatic N) is 3. The monoisotopic (exact) mass is 145 g/mol. The summed E-state index contributed by atoms with van der Waals surface area (Å²) in [5.41, 5.74) is 0. The molecule has 0 bridgehead atoms. The fourth-order valence-corrected chi connectivity index (χ4v) is 0.633. The molecule has 0 aliphatic heterocycles. The Hall–Kier alpha value is -0.570. The van der Waals surface area contributed by atoms with Crippen molar-refractivity contribution in [2.75, 3.05) is 0 Å². The molecule has 0 aliphatic rings. The molecule has 0 amide bonds. The molecule has 1 rings (SSSR count). The quantitative estimate of drug-likeness (QED) is 0.600. The van der Waals surface area contributed by atoms with E-state index in [0.717, 1.165) is 0 Å². The van der Waals surface area contributed by atoms with Gasteiger partial charge in [0.1, 0.15) is 6.33 Å². The molecule has 9 heavy (non-hydrogen) atoms. The van der Waals surface area contributed by atoms with Crippen molar-refractivity contribution >= 4 is 11.6 Å². The predicted molar refractivity (Wildman–Crippen MR) is 35.4 cm³/mol. The minimum Gasteiger partial charge on any atom is -0.249 e. The highest BCUT2D eigenvalue weighted by Crippen LogP contribution is 2.03.